The highest BCUT2D eigenvalue weighted by atomic mass is 15.2. The first-order valence-electron chi connectivity index (χ1n) is 8.56. The SMILES string of the molecule is CCNC(=NCC1CCCN1C)NCCCc1ccccc1. The minimum Gasteiger partial charge on any atom is -0.357 e. The molecule has 2 N–H and O–H groups in total. The maximum atomic E-state index is 4.74. The van der Waals surface area contributed by atoms with Gasteiger partial charge in [0.1, 0.15) is 0 Å². The minimum atomic E-state index is 0.611. The largest absolute Gasteiger partial charge is 0.357 e. The monoisotopic (exact) mass is 302 g/mol. The fourth-order valence-corrected chi connectivity index (χ4v) is 2.89. The molecule has 1 aliphatic rings. The molecule has 0 amide bonds. The lowest BCUT2D eigenvalue weighted by Gasteiger charge is -2.18. The third kappa shape index (κ3) is 5.68. The molecule has 1 aliphatic heterocycles. The number of hydrogen-bond acceptors (Lipinski definition) is 2. The van der Waals surface area contributed by atoms with E-state index in [4.69, 9.17) is 4.99 Å². The highest BCUT2D eigenvalue weighted by Gasteiger charge is 2.20. The van der Waals surface area contributed by atoms with Gasteiger partial charge in [-0.2, -0.15) is 0 Å². The molecule has 1 saturated heterocycles. The van der Waals surface area contributed by atoms with Crippen LogP contribution in [0.15, 0.2) is 35.3 Å². The van der Waals surface area contributed by atoms with Gasteiger partial charge < -0.3 is 15.5 Å². The fourth-order valence-electron chi connectivity index (χ4n) is 2.89. The second kappa shape index (κ2) is 9.46. The molecule has 1 fully saturated rings. The number of benzene rings is 1. The lowest BCUT2D eigenvalue weighted by molar-refractivity contribution is 0.317. The first kappa shape index (κ1) is 16.8. The van der Waals surface area contributed by atoms with Crippen LogP contribution in [0.4, 0.5) is 0 Å². The van der Waals surface area contributed by atoms with Crippen LogP contribution in [0.25, 0.3) is 0 Å². The molecule has 4 nitrogen and oxygen atoms in total. The summed E-state index contributed by atoms with van der Waals surface area (Å²) in [5, 5.41) is 6.79. The molecule has 0 aliphatic carbocycles. The van der Waals surface area contributed by atoms with Gasteiger partial charge in [-0.25, -0.2) is 0 Å². The maximum absolute atomic E-state index is 4.74. The van der Waals surface area contributed by atoms with Crippen molar-refractivity contribution in [2.24, 2.45) is 4.99 Å². The first-order chi connectivity index (χ1) is 10.8. The van der Waals surface area contributed by atoms with Crippen molar-refractivity contribution >= 4 is 5.96 Å². The number of likely N-dealkylation sites (tertiary alicyclic amines) is 1. The smallest absolute Gasteiger partial charge is 0.191 e. The molecule has 0 radical (unpaired) electrons. The zero-order chi connectivity index (χ0) is 15.6. The van der Waals surface area contributed by atoms with Crippen LogP contribution in [0.2, 0.25) is 0 Å². The van der Waals surface area contributed by atoms with E-state index in [1.54, 1.807) is 0 Å². The molecule has 4 heteroatoms. The van der Waals surface area contributed by atoms with Gasteiger partial charge in [0.2, 0.25) is 0 Å². The van der Waals surface area contributed by atoms with E-state index in [-0.39, 0.29) is 0 Å². The van der Waals surface area contributed by atoms with Gasteiger partial charge in [0.25, 0.3) is 0 Å². The zero-order valence-corrected chi connectivity index (χ0v) is 14.0. The van der Waals surface area contributed by atoms with Crippen molar-refractivity contribution in [2.45, 2.75) is 38.6 Å². The molecule has 0 saturated carbocycles. The highest BCUT2D eigenvalue weighted by Crippen LogP contribution is 2.14. The number of rotatable bonds is 7. The Kier molecular flexibility index (Phi) is 7.23. The van der Waals surface area contributed by atoms with Crippen molar-refractivity contribution < 1.29 is 0 Å². The Labute approximate surface area is 135 Å². The molecule has 1 aromatic carbocycles. The van der Waals surface area contributed by atoms with Gasteiger partial charge in [0, 0.05) is 19.1 Å². The van der Waals surface area contributed by atoms with E-state index >= 15 is 0 Å². The number of nitrogens with one attached hydrogen (secondary N) is 2. The lowest BCUT2D eigenvalue weighted by atomic mass is 10.1. The predicted molar refractivity (Wildman–Crippen MR) is 94.4 cm³/mol. The molecule has 1 aromatic rings. The first-order valence-corrected chi connectivity index (χ1v) is 8.56. The quantitative estimate of drug-likeness (QED) is 0.461. The van der Waals surface area contributed by atoms with Crippen molar-refractivity contribution in [3.05, 3.63) is 35.9 Å². The summed E-state index contributed by atoms with van der Waals surface area (Å²) in [4.78, 5) is 7.16. The summed E-state index contributed by atoms with van der Waals surface area (Å²) in [7, 11) is 2.20. The van der Waals surface area contributed by atoms with E-state index in [9.17, 15) is 0 Å². The molecule has 2 rings (SSSR count). The normalized spacial score (nSPS) is 19.4. The molecule has 1 atom stereocenters. The van der Waals surface area contributed by atoms with Crippen molar-refractivity contribution in [2.75, 3.05) is 33.2 Å². The van der Waals surface area contributed by atoms with Gasteiger partial charge in [-0.05, 0) is 51.8 Å². The molecular formula is C18H30N4. The number of aliphatic imine (C=N–C) groups is 1. The van der Waals surface area contributed by atoms with Crippen LogP contribution in [0.5, 0.6) is 0 Å². The lowest BCUT2D eigenvalue weighted by Crippen LogP contribution is -2.39. The molecule has 1 heterocycles. The van der Waals surface area contributed by atoms with E-state index in [0.29, 0.717) is 6.04 Å². The number of aryl methyl sites for hydroxylation is 1. The number of nitrogens with zero attached hydrogens (tertiary/aromatic N) is 2. The standard InChI is InChI=1S/C18H30N4/c1-3-19-18(21-15-17-12-8-14-22(17)2)20-13-7-11-16-9-5-4-6-10-16/h4-6,9-10,17H,3,7-8,11-15H2,1-2H3,(H2,19,20,21). The summed E-state index contributed by atoms with van der Waals surface area (Å²) >= 11 is 0. The van der Waals surface area contributed by atoms with Crippen LogP contribution in [0.1, 0.15) is 31.7 Å². The van der Waals surface area contributed by atoms with Crippen LogP contribution >= 0.6 is 0 Å². The fraction of sp³-hybridized carbons (Fsp3) is 0.611. The zero-order valence-electron chi connectivity index (χ0n) is 14.0. The highest BCUT2D eigenvalue weighted by molar-refractivity contribution is 5.79. The average Bonchev–Trinajstić information content (AvgIpc) is 2.95. The second-order valence-corrected chi connectivity index (χ2v) is 6.01. The van der Waals surface area contributed by atoms with Crippen molar-refractivity contribution in [3.63, 3.8) is 0 Å². The van der Waals surface area contributed by atoms with Gasteiger partial charge in [-0.15, -0.1) is 0 Å². The number of likely N-dealkylation sites (N-methyl/N-ethyl adjacent to an activating group) is 1. The summed E-state index contributed by atoms with van der Waals surface area (Å²) < 4.78 is 0. The molecule has 1 unspecified atom stereocenters. The van der Waals surface area contributed by atoms with Gasteiger partial charge in [0.05, 0.1) is 6.54 Å². The van der Waals surface area contributed by atoms with Crippen molar-refractivity contribution in [1.82, 2.24) is 15.5 Å². The summed E-state index contributed by atoms with van der Waals surface area (Å²) in [5.41, 5.74) is 1.40. The van der Waals surface area contributed by atoms with Gasteiger partial charge >= 0.3 is 0 Å². The molecule has 0 spiro atoms. The Bertz CT molecular complexity index is 444. The molecule has 0 aromatic heterocycles. The van der Waals surface area contributed by atoms with E-state index in [0.717, 1.165) is 38.4 Å². The Morgan fingerprint density at radius 1 is 1.27 bits per heavy atom. The number of guanidine groups is 1. The molecular weight excluding hydrogens is 272 g/mol. The van der Waals surface area contributed by atoms with Crippen LogP contribution < -0.4 is 10.6 Å². The van der Waals surface area contributed by atoms with Gasteiger partial charge in [-0.1, -0.05) is 30.3 Å². The third-order valence-corrected chi connectivity index (χ3v) is 4.25. The van der Waals surface area contributed by atoms with Crippen LogP contribution in [0, 0.1) is 0 Å². The summed E-state index contributed by atoms with van der Waals surface area (Å²) in [6, 6.07) is 11.3. The predicted octanol–water partition coefficient (Wildman–Crippen LogP) is 2.27. The molecule has 0 bridgehead atoms. The van der Waals surface area contributed by atoms with Gasteiger partial charge in [-0.3, -0.25) is 4.99 Å². The minimum absolute atomic E-state index is 0.611. The second-order valence-electron chi connectivity index (χ2n) is 6.01. The Hall–Kier alpha value is -1.55. The van der Waals surface area contributed by atoms with Gasteiger partial charge in [0.15, 0.2) is 5.96 Å². The third-order valence-electron chi connectivity index (χ3n) is 4.25. The Morgan fingerprint density at radius 3 is 2.77 bits per heavy atom. The Morgan fingerprint density at radius 2 is 2.09 bits per heavy atom. The van der Waals surface area contributed by atoms with E-state index < -0.39 is 0 Å². The summed E-state index contributed by atoms with van der Waals surface area (Å²) in [6.45, 7) is 6.08. The Balaban J connectivity index is 1.71. The van der Waals surface area contributed by atoms with Crippen LogP contribution in [0.3, 0.4) is 0 Å². The summed E-state index contributed by atoms with van der Waals surface area (Å²) in [6.07, 6.45) is 4.81. The van der Waals surface area contributed by atoms with Crippen molar-refractivity contribution in [1.29, 1.82) is 0 Å². The molecule has 22 heavy (non-hydrogen) atoms. The van der Waals surface area contributed by atoms with E-state index in [2.05, 4.69) is 59.8 Å². The average molecular weight is 302 g/mol. The molecule has 122 valence electrons. The van der Waals surface area contributed by atoms with E-state index in [1.807, 2.05) is 0 Å². The van der Waals surface area contributed by atoms with Crippen LogP contribution in [-0.2, 0) is 6.42 Å². The topological polar surface area (TPSA) is 39.7 Å². The van der Waals surface area contributed by atoms with E-state index in [1.165, 1.54) is 24.9 Å². The van der Waals surface area contributed by atoms with Crippen molar-refractivity contribution in [3.8, 4) is 0 Å². The maximum Gasteiger partial charge on any atom is 0.191 e. The number of hydrogen-bond donors (Lipinski definition) is 2. The summed E-state index contributed by atoms with van der Waals surface area (Å²) in [5.74, 6) is 0.955. The van der Waals surface area contributed by atoms with Crippen LogP contribution in [-0.4, -0.2) is 50.1 Å².